The molecule has 1 unspecified atom stereocenters. The Morgan fingerprint density at radius 3 is 2.39 bits per heavy atom. The summed E-state index contributed by atoms with van der Waals surface area (Å²) < 4.78 is 13.7. The molecule has 0 amide bonds. The molecule has 1 atom stereocenters. The smallest absolute Gasteiger partial charge is 0.337 e. The summed E-state index contributed by atoms with van der Waals surface area (Å²) in [7, 11) is 0. The molecule has 4 heteroatoms. The Bertz CT molecular complexity index is 567. The Labute approximate surface area is 103 Å². The van der Waals surface area contributed by atoms with E-state index in [0.717, 1.165) is 6.07 Å². The third-order valence-electron chi connectivity index (χ3n) is 2.62. The Morgan fingerprint density at radius 1 is 1.11 bits per heavy atom. The summed E-state index contributed by atoms with van der Waals surface area (Å²) in [5.74, 6) is -1.82. The number of carboxylic acid groups (broad SMARTS) is 1. The van der Waals surface area contributed by atoms with Gasteiger partial charge in [0.2, 0.25) is 0 Å². The Hall–Kier alpha value is -2.20. The molecule has 0 aliphatic rings. The van der Waals surface area contributed by atoms with Crippen molar-refractivity contribution in [2.24, 2.45) is 0 Å². The van der Waals surface area contributed by atoms with Crippen LogP contribution in [0.4, 0.5) is 4.39 Å². The van der Waals surface area contributed by atoms with E-state index in [1.54, 1.807) is 30.3 Å². The van der Waals surface area contributed by atoms with Crippen LogP contribution in [0.1, 0.15) is 11.7 Å². The molecule has 0 aromatic heterocycles. The number of rotatable bonds is 3. The van der Waals surface area contributed by atoms with Gasteiger partial charge in [0.15, 0.2) is 6.10 Å². The lowest BCUT2D eigenvalue weighted by Gasteiger charge is -2.09. The van der Waals surface area contributed by atoms with E-state index in [1.807, 2.05) is 0 Å². The SMILES string of the molecule is O=C(O)C(O)c1ccc(F)c(-c2ccccc2)c1. The maximum absolute atomic E-state index is 13.7. The minimum Gasteiger partial charge on any atom is -0.479 e. The highest BCUT2D eigenvalue weighted by atomic mass is 19.1. The van der Waals surface area contributed by atoms with Crippen molar-refractivity contribution >= 4 is 5.97 Å². The topological polar surface area (TPSA) is 57.5 Å². The van der Waals surface area contributed by atoms with Crippen molar-refractivity contribution in [1.82, 2.24) is 0 Å². The second kappa shape index (κ2) is 4.98. The predicted molar refractivity (Wildman–Crippen MR) is 64.4 cm³/mol. The van der Waals surface area contributed by atoms with E-state index in [-0.39, 0.29) is 11.1 Å². The minimum absolute atomic E-state index is 0.155. The maximum Gasteiger partial charge on any atom is 0.337 e. The molecule has 2 N–H and O–H groups in total. The quantitative estimate of drug-likeness (QED) is 0.875. The van der Waals surface area contributed by atoms with E-state index in [1.165, 1.54) is 12.1 Å². The van der Waals surface area contributed by atoms with Crippen LogP contribution in [-0.4, -0.2) is 16.2 Å². The molecule has 0 saturated carbocycles. The number of hydrogen-bond donors (Lipinski definition) is 2. The zero-order chi connectivity index (χ0) is 13.1. The Kier molecular flexibility index (Phi) is 3.39. The molecule has 0 saturated heterocycles. The molecule has 3 nitrogen and oxygen atoms in total. The minimum atomic E-state index is -1.65. The molecule has 0 bridgehead atoms. The largest absolute Gasteiger partial charge is 0.479 e. The molecular formula is C14H11FO3. The summed E-state index contributed by atoms with van der Waals surface area (Å²) >= 11 is 0. The lowest BCUT2D eigenvalue weighted by molar-refractivity contribution is -0.146. The molecule has 0 spiro atoms. The monoisotopic (exact) mass is 246 g/mol. The van der Waals surface area contributed by atoms with Crippen molar-refractivity contribution in [2.75, 3.05) is 0 Å². The first-order valence-electron chi connectivity index (χ1n) is 5.35. The summed E-state index contributed by atoms with van der Waals surface area (Å²) in [6.07, 6.45) is -1.65. The zero-order valence-corrected chi connectivity index (χ0v) is 9.38. The molecule has 0 heterocycles. The fourth-order valence-electron chi connectivity index (χ4n) is 1.69. The molecule has 92 valence electrons. The van der Waals surface area contributed by atoms with Crippen molar-refractivity contribution in [3.63, 3.8) is 0 Å². The first-order valence-corrected chi connectivity index (χ1v) is 5.35. The summed E-state index contributed by atoms with van der Waals surface area (Å²) in [4.78, 5) is 10.7. The highest BCUT2D eigenvalue weighted by molar-refractivity contribution is 5.75. The molecule has 2 rings (SSSR count). The average Bonchev–Trinajstić information content (AvgIpc) is 2.39. The van der Waals surface area contributed by atoms with Crippen LogP contribution in [0.2, 0.25) is 0 Å². The van der Waals surface area contributed by atoms with Crippen LogP contribution in [0, 0.1) is 5.82 Å². The van der Waals surface area contributed by atoms with Crippen molar-refractivity contribution in [3.05, 3.63) is 59.9 Å². The summed E-state index contributed by atoms with van der Waals surface area (Å²) in [6.45, 7) is 0. The fraction of sp³-hybridized carbons (Fsp3) is 0.0714. The van der Waals surface area contributed by atoms with Crippen LogP contribution in [0.25, 0.3) is 11.1 Å². The number of benzene rings is 2. The van der Waals surface area contributed by atoms with Crippen LogP contribution >= 0.6 is 0 Å². The van der Waals surface area contributed by atoms with E-state index in [9.17, 15) is 14.3 Å². The third kappa shape index (κ3) is 2.38. The average molecular weight is 246 g/mol. The van der Waals surface area contributed by atoms with Gasteiger partial charge in [0, 0.05) is 5.56 Å². The highest BCUT2D eigenvalue weighted by Gasteiger charge is 2.17. The van der Waals surface area contributed by atoms with Gasteiger partial charge in [-0.2, -0.15) is 0 Å². The molecule has 0 fully saturated rings. The van der Waals surface area contributed by atoms with Gasteiger partial charge in [-0.15, -0.1) is 0 Å². The van der Waals surface area contributed by atoms with Crippen LogP contribution in [0.5, 0.6) is 0 Å². The molecular weight excluding hydrogens is 235 g/mol. The normalized spacial score (nSPS) is 12.1. The first-order chi connectivity index (χ1) is 8.59. The summed E-state index contributed by atoms with van der Waals surface area (Å²) in [6, 6.07) is 12.5. The van der Waals surface area contributed by atoms with Crippen molar-refractivity contribution < 1.29 is 19.4 Å². The summed E-state index contributed by atoms with van der Waals surface area (Å²) in [5, 5.41) is 18.2. The van der Waals surface area contributed by atoms with Gasteiger partial charge < -0.3 is 10.2 Å². The predicted octanol–water partition coefficient (Wildman–Crippen LogP) is 2.61. The van der Waals surface area contributed by atoms with Crippen molar-refractivity contribution in [3.8, 4) is 11.1 Å². The number of carbonyl (C=O) groups is 1. The standard InChI is InChI=1S/C14H11FO3/c15-12-7-6-10(13(16)14(17)18)8-11(12)9-4-2-1-3-5-9/h1-8,13,16H,(H,17,18). The van der Waals surface area contributed by atoms with Crippen molar-refractivity contribution in [1.29, 1.82) is 0 Å². The second-order valence-corrected chi connectivity index (χ2v) is 3.85. The molecule has 18 heavy (non-hydrogen) atoms. The van der Waals surface area contributed by atoms with Gasteiger partial charge in [-0.25, -0.2) is 9.18 Å². The van der Waals surface area contributed by atoms with E-state index >= 15 is 0 Å². The van der Waals surface area contributed by atoms with Crippen LogP contribution in [-0.2, 0) is 4.79 Å². The second-order valence-electron chi connectivity index (χ2n) is 3.85. The number of aliphatic hydroxyl groups excluding tert-OH is 1. The maximum atomic E-state index is 13.7. The molecule has 0 radical (unpaired) electrons. The highest BCUT2D eigenvalue weighted by Crippen LogP contribution is 2.26. The Morgan fingerprint density at radius 2 is 1.78 bits per heavy atom. The lowest BCUT2D eigenvalue weighted by Crippen LogP contribution is -2.10. The van der Waals surface area contributed by atoms with Gasteiger partial charge in [0.25, 0.3) is 0 Å². The van der Waals surface area contributed by atoms with E-state index in [4.69, 9.17) is 5.11 Å². The van der Waals surface area contributed by atoms with Crippen LogP contribution < -0.4 is 0 Å². The van der Waals surface area contributed by atoms with E-state index in [0.29, 0.717) is 5.56 Å². The fourth-order valence-corrected chi connectivity index (χ4v) is 1.69. The van der Waals surface area contributed by atoms with Crippen LogP contribution in [0.3, 0.4) is 0 Å². The molecule has 2 aromatic carbocycles. The van der Waals surface area contributed by atoms with E-state index in [2.05, 4.69) is 0 Å². The Balaban J connectivity index is 2.49. The summed E-state index contributed by atoms with van der Waals surface area (Å²) in [5.41, 5.74) is 1.06. The van der Waals surface area contributed by atoms with Crippen LogP contribution in [0.15, 0.2) is 48.5 Å². The first kappa shape index (κ1) is 12.3. The van der Waals surface area contributed by atoms with Gasteiger partial charge in [0.1, 0.15) is 5.82 Å². The number of halogens is 1. The number of aliphatic carboxylic acids is 1. The number of carboxylic acids is 1. The van der Waals surface area contributed by atoms with Gasteiger partial charge in [-0.3, -0.25) is 0 Å². The lowest BCUT2D eigenvalue weighted by atomic mass is 10.00. The van der Waals surface area contributed by atoms with E-state index < -0.39 is 17.9 Å². The zero-order valence-electron chi connectivity index (χ0n) is 9.38. The van der Waals surface area contributed by atoms with Gasteiger partial charge in [-0.05, 0) is 23.3 Å². The molecule has 2 aromatic rings. The number of aliphatic hydroxyl groups is 1. The molecule has 0 aliphatic carbocycles. The van der Waals surface area contributed by atoms with Gasteiger partial charge >= 0.3 is 5.97 Å². The van der Waals surface area contributed by atoms with Crippen molar-refractivity contribution in [2.45, 2.75) is 6.10 Å². The third-order valence-corrected chi connectivity index (χ3v) is 2.62. The molecule has 0 aliphatic heterocycles. The van der Waals surface area contributed by atoms with Gasteiger partial charge in [-0.1, -0.05) is 36.4 Å². The number of hydrogen-bond acceptors (Lipinski definition) is 2. The van der Waals surface area contributed by atoms with Gasteiger partial charge in [0.05, 0.1) is 0 Å².